The van der Waals surface area contributed by atoms with Gasteiger partial charge in [-0.05, 0) is 56.1 Å². The summed E-state index contributed by atoms with van der Waals surface area (Å²) in [6.07, 6.45) is 0.337. The molecule has 1 unspecified atom stereocenters. The van der Waals surface area contributed by atoms with Crippen molar-refractivity contribution >= 4 is 105 Å². The number of imide groups is 1. The number of aliphatic hydroxyl groups is 3. The fourth-order valence-corrected chi connectivity index (χ4v) is 13.6. The first-order chi connectivity index (χ1) is 41.4. The van der Waals surface area contributed by atoms with E-state index in [9.17, 15) is 72.9 Å². The predicted molar refractivity (Wildman–Crippen MR) is 312 cm³/mol. The van der Waals surface area contributed by atoms with E-state index in [1.165, 1.54) is 42.8 Å². The minimum atomic E-state index is -2.45. The zero-order chi connectivity index (χ0) is 63.4. The summed E-state index contributed by atoms with van der Waals surface area (Å²) in [7, 11) is 1.42. The minimum absolute atomic E-state index is 0.0768. The number of primary amides is 1. The minimum Gasteiger partial charge on any atom is -0.610 e. The van der Waals surface area contributed by atoms with Crippen molar-refractivity contribution in [2.24, 2.45) is 29.4 Å². The van der Waals surface area contributed by atoms with Gasteiger partial charge in [0.25, 0.3) is 11.8 Å². The summed E-state index contributed by atoms with van der Waals surface area (Å²) in [5, 5.41) is 52.9. The molecular weight excluding hydrogens is 1180 g/mol. The van der Waals surface area contributed by atoms with Crippen LogP contribution in [0.4, 0.5) is 0 Å². The Morgan fingerprint density at radius 1 is 0.862 bits per heavy atom. The number of H-pyrrole nitrogens is 1. The van der Waals surface area contributed by atoms with E-state index >= 15 is 4.55 Å². The van der Waals surface area contributed by atoms with Crippen LogP contribution in [0.2, 0.25) is 0 Å². The van der Waals surface area contributed by atoms with Crippen LogP contribution in [0, 0.1) is 23.7 Å². The number of fused-ring (bicyclic) bond motifs is 5. The number of amides is 12. The molecule has 1 aromatic heterocycles. The Kier molecular flexibility index (Phi) is 23.6. The summed E-state index contributed by atoms with van der Waals surface area (Å²) in [4.78, 5) is 170. The van der Waals surface area contributed by atoms with Gasteiger partial charge in [0.05, 0.1) is 44.5 Å². The third kappa shape index (κ3) is 16.9. The van der Waals surface area contributed by atoms with E-state index in [1.807, 2.05) is 0 Å². The molecule has 29 nitrogen and oxygen atoms in total. The summed E-state index contributed by atoms with van der Waals surface area (Å²) in [6.45, 7) is 2.29. The lowest BCUT2D eigenvalue weighted by atomic mass is 9.81. The van der Waals surface area contributed by atoms with Gasteiger partial charge in [-0.1, -0.05) is 27.2 Å². The molecule has 5 aliphatic rings. The number of aromatic nitrogens is 1. The number of hydrogen-bond donors (Lipinski definition) is 13. The third-order valence-electron chi connectivity index (χ3n) is 16.6. The number of benzene rings is 1. The number of carbonyl (C=O) groups is 12. The van der Waals surface area contributed by atoms with Crippen molar-refractivity contribution < 1.29 is 82.1 Å². The van der Waals surface area contributed by atoms with E-state index in [4.69, 9.17) is 10.5 Å². The monoisotopic (exact) mass is 1250 g/mol. The molecule has 1 saturated heterocycles. The Bertz CT molecular complexity index is 2970. The van der Waals surface area contributed by atoms with Crippen LogP contribution < -0.4 is 53.0 Å². The van der Waals surface area contributed by atoms with Crippen molar-refractivity contribution in [2.75, 3.05) is 57.9 Å². The van der Waals surface area contributed by atoms with Gasteiger partial charge in [-0.2, -0.15) is 11.8 Å². The van der Waals surface area contributed by atoms with Crippen molar-refractivity contribution in [2.45, 2.75) is 138 Å². The Morgan fingerprint density at radius 3 is 2.20 bits per heavy atom. The standard InChI is InChI=1S/C56H78N12O17S2/c1-5-27(2)46-53(81)60-20-42(73)61-37-26-87(84)55-33(32-10-12-40(85-4)34(48(32)66-55)25-86-17-16-58-49(77)30-8-6-29(7-9-30)22-68-44(75)14-15-45(68)76)19-36(50(78)59-21-43(74)64-46)63-54(82)47(28(3)39(71)24-69)65-52(80)38-18-31(70)23-67(38)56(83)35(62-51(37)79)11-13-41(57)72/h10,12,14-15,27-31,35-39,46-47,66,69-71H,5-9,11,13,16-26H2,1-4H3,(H2,57,72)(H,58,77)(H,59,78)(H,60,81)(H,61,73)(H,62,79)(H,63,82)(H,64,74)(H,65,80)/t27-,28-,29?,30?,31+,35-,36-,37-,38+,39-,46+,47-,87?/m0/s1. The number of aromatic amines is 1. The van der Waals surface area contributed by atoms with Crippen LogP contribution in [-0.2, 0) is 80.9 Å². The van der Waals surface area contributed by atoms with Gasteiger partial charge < -0.3 is 82.8 Å². The van der Waals surface area contributed by atoms with Crippen molar-refractivity contribution in [3.05, 3.63) is 35.4 Å². The van der Waals surface area contributed by atoms with Gasteiger partial charge in [0.15, 0.2) is 6.04 Å². The predicted octanol–water partition coefficient (Wildman–Crippen LogP) is -4.15. The van der Waals surface area contributed by atoms with E-state index in [0.717, 1.165) is 4.90 Å². The zero-order valence-corrected chi connectivity index (χ0v) is 50.4. The Labute approximate surface area is 508 Å². The van der Waals surface area contributed by atoms with E-state index < -0.39 is 182 Å². The molecule has 0 radical (unpaired) electrons. The fraction of sp³-hybridized carbons (Fsp3) is 0.607. The van der Waals surface area contributed by atoms with E-state index in [-0.39, 0.29) is 52.4 Å². The second-order valence-electron chi connectivity index (χ2n) is 22.6. The fourth-order valence-electron chi connectivity index (χ4n) is 11.3. The molecule has 2 bridgehead atoms. The number of carbonyl (C=O) groups excluding carboxylic acids is 12. The SMILES string of the molecule is CC[C@H](C)[C@H]1NC(=O)CNC(=O)[C@@H]2Cc3c([nH]c4c(CSCCNC(=O)C5CCC(CN6C(=O)C=CC6=O)CC5)c(OC)ccc34)[S+]([O-])C[C@H](NC(=O)CNC1=O)C(=O)N[C@@H](CCC(N)=O)C(=O)N1C[C@H](O)C[C@@H]1C(=O)N[C@@H]([C@@H](C)[C@@H](O)CO)C(=O)N2. The lowest BCUT2D eigenvalue weighted by Gasteiger charge is -2.33. The second-order valence-corrected chi connectivity index (χ2v) is 25.1. The highest BCUT2D eigenvalue weighted by Crippen LogP contribution is 2.37. The molecule has 476 valence electrons. The zero-order valence-electron chi connectivity index (χ0n) is 48.8. The van der Waals surface area contributed by atoms with Crippen molar-refractivity contribution in [3.8, 4) is 5.75 Å². The van der Waals surface area contributed by atoms with E-state index in [0.29, 0.717) is 66.6 Å². The molecule has 1 aromatic carbocycles. The van der Waals surface area contributed by atoms with Crippen LogP contribution in [-0.4, -0.2) is 212 Å². The highest BCUT2D eigenvalue weighted by atomic mass is 32.2. The number of methoxy groups -OCH3 is 1. The smallest absolute Gasteiger partial charge is 0.253 e. The maximum atomic E-state index is 15.4. The number of rotatable bonds is 17. The Hall–Kier alpha value is -7.32. The maximum absolute atomic E-state index is 15.4. The first-order valence-corrected chi connectivity index (χ1v) is 31.5. The number of aliphatic hydroxyl groups excluding tert-OH is 3. The molecule has 14 N–H and O–H groups in total. The normalized spacial score (nSPS) is 27.6. The second kappa shape index (κ2) is 30.5. The molecule has 2 fully saturated rings. The average molecular weight is 1260 g/mol. The lowest BCUT2D eigenvalue weighted by Crippen LogP contribution is -2.62. The van der Waals surface area contributed by atoms with Crippen LogP contribution in [0.5, 0.6) is 5.75 Å². The number of nitrogens with one attached hydrogen (secondary N) is 9. The third-order valence-corrected chi connectivity index (χ3v) is 19.1. The molecule has 0 spiro atoms. The van der Waals surface area contributed by atoms with Crippen molar-refractivity contribution in [1.82, 2.24) is 57.3 Å². The molecule has 1 aliphatic carbocycles. The number of nitrogens with two attached hydrogens (primary N) is 1. The van der Waals surface area contributed by atoms with E-state index in [1.54, 1.807) is 26.0 Å². The van der Waals surface area contributed by atoms with Gasteiger partial charge in [-0.3, -0.25) is 62.4 Å². The van der Waals surface area contributed by atoms with E-state index in [2.05, 4.69) is 47.5 Å². The first kappa shape index (κ1) is 67.2. The number of thioether (sulfide) groups is 1. The molecule has 4 aliphatic heterocycles. The van der Waals surface area contributed by atoms with Crippen LogP contribution in [0.1, 0.15) is 83.3 Å². The molecule has 12 amide bonds. The van der Waals surface area contributed by atoms with Gasteiger partial charge >= 0.3 is 0 Å². The lowest BCUT2D eigenvalue weighted by molar-refractivity contribution is -0.143. The van der Waals surface area contributed by atoms with Crippen LogP contribution >= 0.6 is 11.8 Å². The van der Waals surface area contributed by atoms with Crippen molar-refractivity contribution in [3.63, 3.8) is 0 Å². The van der Waals surface area contributed by atoms with Crippen LogP contribution in [0.25, 0.3) is 10.9 Å². The Balaban J connectivity index is 1.28. The maximum Gasteiger partial charge on any atom is 0.253 e. The molecular formula is C56H78N12O17S2. The summed E-state index contributed by atoms with van der Waals surface area (Å²) >= 11 is -1.05. The van der Waals surface area contributed by atoms with Crippen molar-refractivity contribution in [1.29, 1.82) is 0 Å². The van der Waals surface area contributed by atoms with Gasteiger partial charge in [0, 0.05) is 102 Å². The number of nitrogens with zero attached hydrogens (tertiary/aromatic N) is 2. The summed E-state index contributed by atoms with van der Waals surface area (Å²) in [5.41, 5.74) is 6.42. The summed E-state index contributed by atoms with van der Waals surface area (Å²) < 4.78 is 21.2. The molecule has 87 heavy (non-hydrogen) atoms. The average Bonchev–Trinajstić information content (AvgIpc) is 2.12. The van der Waals surface area contributed by atoms with Gasteiger partial charge in [0.1, 0.15) is 41.7 Å². The first-order valence-electron chi connectivity index (χ1n) is 29.0. The molecule has 5 heterocycles. The largest absolute Gasteiger partial charge is 0.610 e. The van der Waals surface area contributed by atoms with Crippen LogP contribution in [0.3, 0.4) is 0 Å². The Morgan fingerprint density at radius 2 is 1.54 bits per heavy atom. The van der Waals surface area contributed by atoms with Crippen LogP contribution in [0.15, 0.2) is 29.3 Å². The highest BCUT2D eigenvalue weighted by Gasteiger charge is 2.45. The number of ether oxygens (including phenoxy) is 1. The van der Waals surface area contributed by atoms with Gasteiger partial charge in [-0.25, -0.2) is 0 Å². The molecule has 2 aromatic rings. The molecule has 31 heteroatoms. The summed E-state index contributed by atoms with van der Waals surface area (Å²) in [6, 6.07) is -6.74. The molecule has 11 atom stereocenters. The number of hydrogen-bond acceptors (Lipinski definition) is 18. The highest BCUT2D eigenvalue weighted by molar-refractivity contribution is 7.98. The molecule has 7 rings (SSSR count). The topological polar surface area (TPSA) is 442 Å². The summed E-state index contributed by atoms with van der Waals surface area (Å²) in [5.74, 6) is -11.7. The quantitative estimate of drug-likeness (QED) is 0.0406. The van der Waals surface area contributed by atoms with Gasteiger partial charge in [-0.15, -0.1) is 0 Å². The molecule has 1 saturated carbocycles. The van der Waals surface area contributed by atoms with Gasteiger partial charge in [0.2, 0.25) is 64.1 Å².